The maximum Gasteiger partial charge on any atom is 0.345 e. The van der Waals surface area contributed by atoms with Crippen LogP contribution in [0.5, 0.6) is 5.75 Å². The van der Waals surface area contributed by atoms with Crippen LogP contribution in [0, 0.1) is 20.8 Å². The van der Waals surface area contributed by atoms with E-state index >= 15 is 0 Å². The quantitative estimate of drug-likeness (QED) is 0.0847. The molecule has 2 rings (SSSR count). The van der Waals surface area contributed by atoms with Crippen molar-refractivity contribution in [1.29, 1.82) is 0 Å². The molecule has 0 heterocycles. The molecule has 0 aliphatic heterocycles. The number of halogens is 3. The number of hydrogen-bond donors (Lipinski definition) is 1. The van der Waals surface area contributed by atoms with Gasteiger partial charge in [0.15, 0.2) is 0 Å². The fraction of sp³-hybridized carbons (Fsp3) is 0.125. The number of ether oxygens (including phenoxy) is 2. The highest BCUT2D eigenvalue weighted by Crippen LogP contribution is 2.28. The van der Waals surface area contributed by atoms with Gasteiger partial charge >= 0.3 is 11.9 Å². The predicted octanol–water partition coefficient (Wildman–Crippen LogP) is 3.67. The fourth-order valence-electron chi connectivity index (χ4n) is 2.08. The van der Waals surface area contributed by atoms with Gasteiger partial charge in [-0.15, -0.1) is 0 Å². The van der Waals surface area contributed by atoms with Gasteiger partial charge in [-0.25, -0.2) is 9.59 Å². The highest BCUT2D eigenvalue weighted by atomic mass is 127. The van der Waals surface area contributed by atoms with E-state index in [-0.39, 0.29) is 11.3 Å². The molecule has 14 heteroatoms. The molecule has 0 unspecified atom stereocenters. The van der Waals surface area contributed by atoms with Crippen molar-refractivity contribution < 1.29 is 37.0 Å². The zero-order valence-corrected chi connectivity index (χ0v) is 21.8. The van der Waals surface area contributed by atoms with Crippen LogP contribution in [0.4, 0.5) is 5.69 Å². The zero-order valence-electron chi connectivity index (χ0n) is 14.5. The number of nitrogens with zero attached hydrogens (tertiary/aromatic N) is 1. The van der Waals surface area contributed by atoms with E-state index in [9.17, 15) is 28.1 Å². The summed E-state index contributed by atoms with van der Waals surface area (Å²) in [6.45, 7) is -0.685. The number of esters is 2. The number of carbonyl (C=O) groups excluding carboxylic acids is 2. The van der Waals surface area contributed by atoms with E-state index in [4.69, 9.17) is 9.29 Å². The van der Waals surface area contributed by atoms with E-state index in [1.807, 2.05) is 51.2 Å². The van der Waals surface area contributed by atoms with Gasteiger partial charge in [-0.05, 0) is 92.0 Å². The van der Waals surface area contributed by atoms with Gasteiger partial charge in [0, 0.05) is 10.7 Å². The lowest BCUT2D eigenvalue weighted by Gasteiger charge is -2.09. The average Bonchev–Trinajstić information content (AvgIpc) is 2.63. The van der Waals surface area contributed by atoms with Gasteiger partial charge in [0.05, 0.1) is 16.6 Å². The molecule has 2 aromatic carbocycles. The van der Waals surface area contributed by atoms with Crippen LogP contribution in [0.25, 0.3) is 0 Å². The first-order chi connectivity index (χ1) is 13.9. The van der Waals surface area contributed by atoms with E-state index in [0.717, 1.165) is 19.3 Å². The Labute approximate surface area is 211 Å². The molecule has 0 saturated carbocycles. The third-order valence-corrected chi connectivity index (χ3v) is 7.73. The zero-order chi connectivity index (χ0) is 22.6. The maximum atomic E-state index is 12.5. The second kappa shape index (κ2) is 10.5. The topological polar surface area (TPSA) is 150 Å². The molecule has 30 heavy (non-hydrogen) atoms. The SMILES string of the molecule is O=C(OCCS(=O)(=O)O)c1ccc(OC(=O)c2cc(I)cc(I)c2I)cc1[N+](=O)[O-]. The lowest BCUT2D eigenvalue weighted by molar-refractivity contribution is -0.385. The molecule has 0 saturated heterocycles. The third kappa shape index (κ3) is 6.95. The van der Waals surface area contributed by atoms with Gasteiger partial charge in [-0.2, -0.15) is 8.42 Å². The van der Waals surface area contributed by atoms with Crippen molar-refractivity contribution in [2.45, 2.75) is 0 Å². The van der Waals surface area contributed by atoms with Crippen LogP contribution in [0.1, 0.15) is 20.7 Å². The van der Waals surface area contributed by atoms with Gasteiger partial charge in [0.25, 0.3) is 15.8 Å². The summed E-state index contributed by atoms with van der Waals surface area (Å²) in [7, 11) is -4.36. The Kier molecular flexibility index (Phi) is 8.77. The second-order valence-electron chi connectivity index (χ2n) is 5.50. The van der Waals surface area contributed by atoms with Crippen LogP contribution in [0.15, 0.2) is 30.3 Å². The standard InChI is InChI=1S/C16H10I3NO9S/c17-8-5-11(14(19)12(18)6-8)16(22)29-9-1-2-10(13(7-9)20(23)24)15(21)28-3-4-30(25,26)27/h1-2,5-7H,3-4H2,(H,25,26,27). The molecular formula is C16H10I3NO9S. The number of carbonyl (C=O) groups is 2. The molecule has 2 aromatic rings. The van der Waals surface area contributed by atoms with Crippen molar-refractivity contribution in [2.24, 2.45) is 0 Å². The number of hydrogen-bond acceptors (Lipinski definition) is 8. The van der Waals surface area contributed by atoms with E-state index in [0.29, 0.717) is 3.57 Å². The van der Waals surface area contributed by atoms with Gasteiger partial charge in [-0.3, -0.25) is 14.7 Å². The molecule has 0 amide bonds. The summed E-state index contributed by atoms with van der Waals surface area (Å²) in [5.74, 6) is -2.90. The van der Waals surface area contributed by atoms with E-state index in [2.05, 4.69) is 27.3 Å². The van der Waals surface area contributed by atoms with Crippen molar-refractivity contribution in [3.8, 4) is 5.75 Å². The molecule has 0 aromatic heterocycles. The summed E-state index contributed by atoms with van der Waals surface area (Å²) in [5, 5.41) is 11.3. The largest absolute Gasteiger partial charge is 0.461 e. The maximum absolute atomic E-state index is 12.5. The van der Waals surface area contributed by atoms with Gasteiger partial charge in [-0.1, -0.05) is 0 Å². The molecule has 0 radical (unpaired) electrons. The van der Waals surface area contributed by atoms with Crippen LogP contribution in [-0.2, 0) is 14.9 Å². The van der Waals surface area contributed by atoms with Crippen LogP contribution in [0.3, 0.4) is 0 Å². The molecule has 0 atom stereocenters. The van der Waals surface area contributed by atoms with E-state index in [1.54, 1.807) is 6.07 Å². The lowest BCUT2D eigenvalue weighted by Crippen LogP contribution is -2.16. The summed E-state index contributed by atoms with van der Waals surface area (Å²) in [6, 6.07) is 6.58. The van der Waals surface area contributed by atoms with Crippen molar-refractivity contribution in [1.82, 2.24) is 0 Å². The van der Waals surface area contributed by atoms with E-state index in [1.165, 1.54) is 6.07 Å². The van der Waals surface area contributed by atoms with E-state index < -0.39 is 50.6 Å². The Balaban J connectivity index is 2.26. The minimum atomic E-state index is -4.36. The van der Waals surface area contributed by atoms with Crippen molar-refractivity contribution >= 4 is 95.5 Å². The van der Waals surface area contributed by atoms with Gasteiger partial charge in [0.1, 0.15) is 23.7 Å². The molecular weight excluding hydrogens is 763 g/mol. The number of nitro groups is 1. The molecule has 10 nitrogen and oxygen atoms in total. The summed E-state index contributed by atoms with van der Waals surface area (Å²) < 4.78 is 42.1. The molecule has 160 valence electrons. The highest BCUT2D eigenvalue weighted by molar-refractivity contribution is 14.1. The second-order valence-corrected chi connectivity index (χ2v) is 10.6. The number of nitro benzene ring substituents is 1. The third-order valence-electron chi connectivity index (χ3n) is 3.38. The van der Waals surface area contributed by atoms with Crippen LogP contribution >= 0.6 is 67.8 Å². The minimum absolute atomic E-state index is 0.161. The minimum Gasteiger partial charge on any atom is -0.461 e. The smallest absolute Gasteiger partial charge is 0.345 e. The fourth-order valence-corrected chi connectivity index (χ4v) is 4.75. The van der Waals surface area contributed by atoms with Crippen molar-refractivity contribution in [2.75, 3.05) is 12.4 Å². The first kappa shape index (κ1) is 25.1. The van der Waals surface area contributed by atoms with Gasteiger partial charge < -0.3 is 9.47 Å². The average molecular weight is 773 g/mol. The Morgan fingerprint density at radius 1 is 1.07 bits per heavy atom. The first-order valence-electron chi connectivity index (χ1n) is 7.66. The van der Waals surface area contributed by atoms with Crippen molar-refractivity contribution in [3.63, 3.8) is 0 Å². The highest BCUT2D eigenvalue weighted by Gasteiger charge is 2.24. The normalized spacial score (nSPS) is 11.1. The first-order valence-corrected chi connectivity index (χ1v) is 12.5. The summed E-state index contributed by atoms with van der Waals surface area (Å²) >= 11 is 6.10. The summed E-state index contributed by atoms with van der Waals surface area (Å²) in [6.07, 6.45) is 0. The van der Waals surface area contributed by atoms with Crippen LogP contribution in [0.2, 0.25) is 0 Å². The Morgan fingerprint density at radius 3 is 2.33 bits per heavy atom. The molecule has 0 aliphatic rings. The monoisotopic (exact) mass is 773 g/mol. The summed E-state index contributed by atoms with van der Waals surface area (Å²) in [4.78, 5) is 35.0. The van der Waals surface area contributed by atoms with Gasteiger partial charge in [0.2, 0.25) is 0 Å². The Bertz CT molecular complexity index is 1140. The summed E-state index contributed by atoms with van der Waals surface area (Å²) in [5.41, 5.74) is -0.874. The Morgan fingerprint density at radius 2 is 1.73 bits per heavy atom. The van der Waals surface area contributed by atoms with Crippen LogP contribution < -0.4 is 4.74 Å². The Hall–Kier alpha value is -1.12. The predicted molar refractivity (Wildman–Crippen MR) is 129 cm³/mol. The molecule has 0 aliphatic carbocycles. The molecule has 0 spiro atoms. The van der Waals surface area contributed by atoms with Crippen molar-refractivity contribution in [3.05, 3.63) is 62.3 Å². The van der Waals surface area contributed by atoms with Crippen LogP contribution in [-0.4, -0.2) is 42.2 Å². The molecule has 0 bridgehead atoms. The molecule has 1 N–H and O–H groups in total. The molecule has 0 fully saturated rings. The number of rotatable bonds is 7. The number of benzene rings is 2. The lowest BCUT2D eigenvalue weighted by atomic mass is 10.1.